The molecule has 1 aromatic rings. The molecule has 32 heavy (non-hydrogen) atoms. The van der Waals surface area contributed by atoms with Crippen LogP contribution in [0.1, 0.15) is 24.2 Å². The summed E-state index contributed by atoms with van der Waals surface area (Å²) in [5.41, 5.74) is 0.370. The second-order valence-corrected chi connectivity index (χ2v) is 11.3. The van der Waals surface area contributed by atoms with E-state index in [9.17, 15) is 18.0 Å². The molecule has 3 atom stereocenters. The molecule has 1 aromatic carbocycles. The number of ether oxygens (including phenoxy) is 2. The van der Waals surface area contributed by atoms with Crippen molar-refractivity contribution in [3.63, 3.8) is 0 Å². The minimum atomic E-state index is -3.68. The molecule has 3 fully saturated rings. The number of sulfonamides is 1. The van der Waals surface area contributed by atoms with E-state index in [-0.39, 0.29) is 28.9 Å². The first kappa shape index (κ1) is 23.5. The zero-order valence-corrected chi connectivity index (χ0v) is 19.9. The molecule has 3 saturated heterocycles. The first-order valence-electron chi connectivity index (χ1n) is 10.8. The van der Waals surface area contributed by atoms with Gasteiger partial charge in [-0.25, -0.2) is 8.42 Å². The van der Waals surface area contributed by atoms with Gasteiger partial charge in [0.15, 0.2) is 0 Å². The van der Waals surface area contributed by atoms with Gasteiger partial charge < -0.3 is 19.3 Å². The predicted octanol–water partition coefficient (Wildman–Crippen LogP) is 0.858. The van der Waals surface area contributed by atoms with Gasteiger partial charge in [0, 0.05) is 37.5 Å². The van der Waals surface area contributed by atoms with Gasteiger partial charge in [0.05, 0.1) is 36.2 Å². The second kappa shape index (κ2) is 9.68. The summed E-state index contributed by atoms with van der Waals surface area (Å²) in [5, 5.41) is 0. The molecule has 9 nitrogen and oxygen atoms in total. The van der Waals surface area contributed by atoms with E-state index in [1.165, 1.54) is 28.6 Å². The molecule has 0 unspecified atom stereocenters. The van der Waals surface area contributed by atoms with Crippen molar-refractivity contribution >= 4 is 33.6 Å². The molecule has 0 N–H and O–H groups in total. The minimum Gasteiger partial charge on any atom is -0.378 e. The second-order valence-electron chi connectivity index (χ2n) is 8.33. The van der Waals surface area contributed by atoms with Crippen molar-refractivity contribution in [1.29, 1.82) is 0 Å². The average Bonchev–Trinajstić information content (AvgIpc) is 3.28. The van der Waals surface area contributed by atoms with Crippen molar-refractivity contribution in [3.8, 4) is 0 Å². The predicted molar refractivity (Wildman–Crippen MR) is 120 cm³/mol. The summed E-state index contributed by atoms with van der Waals surface area (Å²) in [7, 11) is -3.68. The monoisotopic (exact) mass is 483 g/mol. The summed E-state index contributed by atoms with van der Waals surface area (Å²) in [5.74, 6) is 0.672. The Labute approximate surface area is 193 Å². The van der Waals surface area contributed by atoms with Gasteiger partial charge in [-0.2, -0.15) is 4.31 Å². The fourth-order valence-corrected chi connectivity index (χ4v) is 6.99. The van der Waals surface area contributed by atoms with Crippen molar-refractivity contribution in [3.05, 3.63) is 29.8 Å². The molecule has 0 aliphatic carbocycles. The van der Waals surface area contributed by atoms with Crippen molar-refractivity contribution in [1.82, 2.24) is 14.1 Å². The van der Waals surface area contributed by atoms with Crippen LogP contribution in [0.3, 0.4) is 0 Å². The van der Waals surface area contributed by atoms with Crippen molar-refractivity contribution < 1.29 is 27.5 Å². The van der Waals surface area contributed by atoms with E-state index in [0.29, 0.717) is 56.6 Å². The average molecular weight is 484 g/mol. The molecule has 176 valence electrons. The molecular formula is C21H29N3O6S2. The van der Waals surface area contributed by atoms with Crippen LogP contribution < -0.4 is 0 Å². The van der Waals surface area contributed by atoms with E-state index in [2.05, 4.69) is 0 Å². The van der Waals surface area contributed by atoms with Crippen molar-refractivity contribution in [2.45, 2.75) is 37.0 Å². The Hall–Kier alpha value is -1.66. The third-order valence-corrected chi connectivity index (χ3v) is 8.73. The highest BCUT2D eigenvalue weighted by Crippen LogP contribution is 2.26. The first-order chi connectivity index (χ1) is 15.3. The molecular weight excluding hydrogens is 454 g/mol. The lowest BCUT2D eigenvalue weighted by Crippen LogP contribution is -2.52. The summed E-state index contributed by atoms with van der Waals surface area (Å²) < 4.78 is 38.5. The lowest BCUT2D eigenvalue weighted by atomic mass is 10.1. The van der Waals surface area contributed by atoms with Gasteiger partial charge in [-0.3, -0.25) is 9.59 Å². The van der Waals surface area contributed by atoms with Crippen LogP contribution in [0.4, 0.5) is 0 Å². The van der Waals surface area contributed by atoms with Crippen molar-refractivity contribution in [2.24, 2.45) is 0 Å². The molecule has 2 amide bonds. The Morgan fingerprint density at radius 2 is 1.66 bits per heavy atom. The van der Waals surface area contributed by atoms with Crippen LogP contribution in [0.5, 0.6) is 0 Å². The SMILES string of the molecule is C[C@@H]1CN(S(=O)(=O)c2ccc(C(=O)N3CSC[C@@H]3C(=O)N3CCOCC3)cc2)C[C@@H](C)O1. The minimum absolute atomic E-state index is 0.0543. The number of rotatable bonds is 4. The van der Waals surface area contributed by atoms with Crippen LogP contribution in [-0.4, -0.2) is 104 Å². The highest BCUT2D eigenvalue weighted by atomic mass is 32.2. The number of carbonyl (C=O) groups excluding carboxylic acids is 2. The summed E-state index contributed by atoms with van der Waals surface area (Å²) >= 11 is 1.54. The number of hydrogen-bond donors (Lipinski definition) is 0. The summed E-state index contributed by atoms with van der Waals surface area (Å²) in [6.07, 6.45) is -0.356. The van der Waals surface area contributed by atoms with Gasteiger partial charge in [0.25, 0.3) is 5.91 Å². The Morgan fingerprint density at radius 3 is 2.28 bits per heavy atom. The zero-order valence-electron chi connectivity index (χ0n) is 18.3. The summed E-state index contributed by atoms with van der Waals surface area (Å²) in [6, 6.07) is 5.49. The Balaban J connectivity index is 1.47. The highest BCUT2D eigenvalue weighted by Gasteiger charge is 2.38. The van der Waals surface area contributed by atoms with Crippen LogP contribution in [0.2, 0.25) is 0 Å². The largest absolute Gasteiger partial charge is 0.378 e. The lowest BCUT2D eigenvalue weighted by Gasteiger charge is -2.34. The molecule has 3 aliphatic rings. The number of thioether (sulfide) groups is 1. The van der Waals surface area contributed by atoms with Crippen molar-refractivity contribution in [2.75, 3.05) is 51.0 Å². The number of morpholine rings is 2. The topological polar surface area (TPSA) is 96.5 Å². The fraction of sp³-hybridized carbons (Fsp3) is 0.619. The molecule has 0 radical (unpaired) electrons. The normalized spacial score (nSPS) is 27.5. The fourth-order valence-electron chi connectivity index (χ4n) is 4.25. The Kier molecular flexibility index (Phi) is 7.11. The van der Waals surface area contributed by atoms with Gasteiger partial charge >= 0.3 is 0 Å². The highest BCUT2D eigenvalue weighted by molar-refractivity contribution is 7.99. The van der Waals surface area contributed by atoms with Crippen LogP contribution >= 0.6 is 11.8 Å². The third-order valence-electron chi connectivity index (χ3n) is 5.88. The Bertz CT molecular complexity index is 939. The number of amides is 2. The lowest BCUT2D eigenvalue weighted by molar-refractivity contribution is -0.138. The maximum Gasteiger partial charge on any atom is 0.255 e. The zero-order chi connectivity index (χ0) is 22.9. The molecule has 3 heterocycles. The molecule has 0 spiro atoms. The van der Waals surface area contributed by atoms with Crippen LogP contribution in [0.15, 0.2) is 29.2 Å². The molecule has 0 bridgehead atoms. The number of hydrogen-bond acceptors (Lipinski definition) is 7. The Morgan fingerprint density at radius 1 is 1.03 bits per heavy atom. The first-order valence-corrected chi connectivity index (χ1v) is 13.4. The number of carbonyl (C=O) groups is 2. The van der Waals surface area contributed by atoms with E-state index in [0.717, 1.165) is 0 Å². The summed E-state index contributed by atoms with van der Waals surface area (Å²) in [6.45, 7) is 6.38. The quantitative estimate of drug-likeness (QED) is 0.627. The molecule has 0 saturated carbocycles. The van der Waals surface area contributed by atoms with Gasteiger partial charge in [-0.1, -0.05) is 0 Å². The van der Waals surface area contributed by atoms with Gasteiger partial charge in [0.1, 0.15) is 6.04 Å². The molecule has 4 rings (SSSR count). The van der Waals surface area contributed by atoms with E-state index in [4.69, 9.17) is 9.47 Å². The number of benzene rings is 1. The van der Waals surface area contributed by atoms with Gasteiger partial charge in [-0.05, 0) is 38.1 Å². The van der Waals surface area contributed by atoms with E-state index >= 15 is 0 Å². The maximum atomic E-state index is 13.1. The van der Waals surface area contributed by atoms with Gasteiger partial charge in [-0.15, -0.1) is 11.8 Å². The van der Waals surface area contributed by atoms with Crippen LogP contribution in [0.25, 0.3) is 0 Å². The van der Waals surface area contributed by atoms with Crippen LogP contribution in [0, 0.1) is 0 Å². The van der Waals surface area contributed by atoms with E-state index < -0.39 is 16.1 Å². The van der Waals surface area contributed by atoms with Gasteiger partial charge in [0.2, 0.25) is 15.9 Å². The summed E-state index contributed by atoms with van der Waals surface area (Å²) in [4.78, 5) is 29.5. The van der Waals surface area contributed by atoms with E-state index in [1.807, 2.05) is 13.8 Å². The third kappa shape index (κ3) is 4.81. The molecule has 11 heteroatoms. The molecule has 3 aliphatic heterocycles. The van der Waals surface area contributed by atoms with Crippen LogP contribution in [-0.2, 0) is 24.3 Å². The smallest absolute Gasteiger partial charge is 0.255 e. The molecule has 0 aromatic heterocycles. The maximum absolute atomic E-state index is 13.1. The number of nitrogens with zero attached hydrogens (tertiary/aromatic N) is 3. The van der Waals surface area contributed by atoms with E-state index in [1.54, 1.807) is 21.6 Å². The standard InChI is InChI=1S/C21H29N3O6S2/c1-15-11-23(12-16(2)30-15)32(27,28)18-5-3-17(4-6-18)20(25)24-14-31-13-19(24)21(26)22-7-9-29-10-8-22/h3-6,15-16,19H,7-14H2,1-2H3/t15-,16-,19-/m1/s1.